The van der Waals surface area contributed by atoms with Gasteiger partial charge in [0.1, 0.15) is 12.1 Å². The Morgan fingerprint density at radius 3 is 1.67 bits per heavy atom. The molecule has 0 aliphatic rings. The third-order valence-corrected chi connectivity index (χ3v) is 5.07. The maximum Gasteiger partial charge on any atom is 0.268 e. The molecule has 0 aromatic heterocycles. The second-order valence-electron chi connectivity index (χ2n) is 7.52. The monoisotopic (exact) mass is 459 g/mol. The Labute approximate surface area is 193 Å². The van der Waals surface area contributed by atoms with Crippen LogP contribution in [0.15, 0.2) is 48.5 Å². The molecule has 0 aliphatic heterocycles. The number of rotatable bonds is 9. The van der Waals surface area contributed by atoms with E-state index in [4.69, 9.17) is 5.21 Å². The van der Waals surface area contributed by atoms with Crippen LogP contribution in [0.4, 0.5) is 0 Å². The molecule has 6 N–H and O–H groups in total. The van der Waals surface area contributed by atoms with Gasteiger partial charge in [-0.05, 0) is 49.1 Å². The molecule has 0 unspecified atom stereocenters. The Morgan fingerprint density at radius 1 is 0.788 bits per heavy atom. The molecule has 4 atom stereocenters. The summed E-state index contributed by atoms with van der Waals surface area (Å²) in [5.74, 6) is -2.53. The van der Waals surface area contributed by atoms with Gasteiger partial charge in [0, 0.05) is 5.56 Å². The number of nitrogens with one attached hydrogen (secondary N) is 3. The van der Waals surface area contributed by atoms with Crippen LogP contribution in [-0.4, -0.2) is 57.4 Å². The maximum atomic E-state index is 12.6. The van der Waals surface area contributed by atoms with Crippen molar-refractivity contribution in [1.29, 1.82) is 0 Å². The van der Waals surface area contributed by atoms with Crippen LogP contribution in [0.5, 0.6) is 0 Å². The number of aliphatic hydroxyl groups is 2. The van der Waals surface area contributed by atoms with E-state index in [1.165, 1.54) is 24.9 Å². The molecule has 33 heavy (non-hydrogen) atoms. The summed E-state index contributed by atoms with van der Waals surface area (Å²) in [7, 11) is 0. The smallest absolute Gasteiger partial charge is 0.268 e. The number of carbonyl (C=O) groups excluding carboxylic acids is 3. The number of amides is 3. The SMILES string of the molecule is C.CCc1ccc(-c2ccc(C(=O)N[C@H](C(=O)N[C@H](C(=O)NO)[C@@H](C)O)[C@@H](C)O)cc2)cc1. The van der Waals surface area contributed by atoms with E-state index in [-0.39, 0.29) is 13.0 Å². The molecule has 9 heteroatoms. The summed E-state index contributed by atoms with van der Waals surface area (Å²) in [4.78, 5) is 36.8. The molecule has 0 saturated heterocycles. The Bertz CT molecular complexity index is 926. The Kier molecular flexibility index (Phi) is 10.7. The normalized spacial score (nSPS) is 14.1. The standard InChI is InChI=1S/C23H29N3O6.CH4/c1-4-15-5-7-16(8-6-15)17-9-11-18(12-10-17)21(29)24-19(13(2)27)22(30)25-20(14(3)28)23(31)26-32;/h5-14,19-20,27-28,32H,4H2,1-3H3,(H,24,29)(H,25,30)(H,26,31);1H4/t13-,14-,19+,20+;/m1./s1. The van der Waals surface area contributed by atoms with Gasteiger partial charge in [-0.15, -0.1) is 0 Å². The topological polar surface area (TPSA) is 148 Å². The fourth-order valence-electron chi connectivity index (χ4n) is 3.09. The van der Waals surface area contributed by atoms with Crippen LogP contribution in [0.1, 0.15) is 44.1 Å². The zero-order chi connectivity index (χ0) is 23.8. The van der Waals surface area contributed by atoms with Gasteiger partial charge in [-0.3, -0.25) is 19.6 Å². The van der Waals surface area contributed by atoms with Crippen LogP contribution >= 0.6 is 0 Å². The zero-order valence-electron chi connectivity index (χ0n) is 18.2. The first-order valence-corrected chi connectivity index (χ1v) is 10.3. The quantitative estimate of drug-likeness (QED) is 0.247. The summed E-state index contributed by atoms with van der Waals surface area (Å²) in [6.45, 7) is 4.62. The van der Waals surface area contributed by atoms with Crippen LogP contribution in [0.2, 0.25) is 0 Å². The fraction of sp³-hybridized carbons (Fsp3) is 0.375. The second kappa shape index (κ2) is 12.7. The van der Waals surface area contributed by atoms with Crippen molar-refractivity contribution in [2.45, 2.75) is 58.9 Å². The molecule has 2 aromatic carbocycles. The van der Waals surface area contributed by atoms with Gasteiger partial charge in [-0.2, -0.15) is 0 Å². The van der Waals surface area contributed by atoms with E-state index in [9.17, 15) is 24.6 Å². The lowest BCUT2D eigenvalue weighted by molar-refractivity contribution is -0.138. The molecule has 2 rings (SSSR count). The summed E-state index contributed by atoms with van der Waals surface area (Å²) >= 11 is 0. The van der Waals surface area contributed by atoms with Crippen molar-refractivity contribution in [1.82, 2.24) is 16.1 Å². The predicted molar refractivity (Wildman–Crippen MR) is 124 cm³/mol. The molecule has 3 amide bonds. The van der Waals surface area contributed by atoms with Crippen molar-refractivity contribution in [3.63, 3.8) is 0 Å². The van der Waals surface area contributed by atoms with Gasteiger partial charge in [0.15, 0.2) is 0 Å². The third kappa shape index (κ3) is 7.38. The van der Waals surface area contributed by atoms with Crippen LogP contribution in [-0.2, 0) is 16.0 Å². The average molecular weight is 460 g/mol. The number of hydrogen-bond acceptors (Lipinski definition) is 6. The van der Waals surface area contributed by atoms with E-state index in [1.54, 1.807) is 24.3 Å². The number of hydroxylamine groups is 1. The molecule has 180 valence electrons. The van der Waals surface area contributed by atoms with Crippen LogP contribution < -0.4 is 16.1 Å². The summed E-state index contributed by atoms with van der Waals surface area (Å²) in [6.07, 6.45) is -1.67. The van der Waals surface area contributed by atoms with E-state index in [0.29, 0.717) is 0 Å². The largest absolute Gasteiger partial charge is 0.391 e. The molecule has 2 aromatic rings. The lowest BCUT2D eigenvalue weighted by atomic mass is 10.0. The summed E-state index contributed by atoms with van der Waals surface area (Å²) < 4.78 is 0. The van der Waals surface area contributed by atoms with Gasteiger partial charge >= 0.3 is 0 Å². The van der Waals surface area contributed by atoms with Crippen LogP contribution in [0.3, 0.4) is 0 Å². The number of aliphatic hydroxyl groups excluding tert-OH is 2. The third-order valence-electron chi connectivity index (χ3n) is 5.07. The van der Waals surface area contributed by atoms with E-state index in [0.717, 1.165) is 17.5 Å². The molecule has 0 aliphatic carbocycles. The molecular weight excluding hydrogens is 426 g/mol. The summed E-state index contributed by atoms with van der Waals surface area (Å²) in [5, 5.41) is 33.0. The summed E-state index contributed by atoms with van der Waals surface area (Å²) in [5.41, 5.74) is 4.77. The highest BCUT2D eigenvalue weighted by atomic mass is 16.5. The van der Waals surface area contributed by atoms with Gasteiger partial charge in [0.2, 0.25) is 5.91 Å². The molecule has 0 heterocycles. The highest BCUT2D eigenvalue weighted by molar-refractivity contribution is 5.99. The van der Waals surface area contributed by atoms with Crippen molar-refractivity contribution in [3.8, 4) is 11.1 Å². The van der Waals surface area contributed by atoms with Crippen molar-refractivity contribution < 1.29 is 29.8 Å². The minimum Gasteiger partial charge on any atom is -0.391 e. The van der Waals surface area contributed by atoms with Crippen LogP contribution in [0.25, 0.3) is 11.1 Å². The lowest BCUT2D eigenvalue weighted by Gasteiger charge is -2.25. The highest BCUT2D eigenvalue weighted by Crippen LogP contribution is 2.20. The Morgan fingerprint density at radius 2 is 1.24 bits per heavy atom. The van der Waals surface area contributed by atoms with Crippen molar-refractivity contribution >= 4 is 17.7 Å². The number of carbonyl (C=O) groups is 3. The minimum absolute atomic E-state index is 0. The number of aryl methyl sites for hydroxylation is 1. The fourth-order valence-corrected chi connectivity index (χ4v) is 3.09. The minimum atomic E-state index is -1.47. The van der Waals surface area contributed by atoms with Crippen molar-refractivity contribution in [2.75, 3.05) is 0 Å². The van der Waals surface area contributed by atoms with Crippen LogP contribution in [0, 0.1) is 0 Å². The predicted octanol–water partition coefficient (Wildman–Crippen LogP) is 1.40. The molecular formula is C24H33N3O6. The van der Waals surface area contributed by atoms with E-state index < -0.39 is 42.0 Å². The second-order valence-corrected chi connectivity index (χ2v) is 7.52. The molecule has 0 bridgehead atoms. The van der Waals surface area contributed by atoms with Gasteiger partial charge in [0.05, 0.1) is 12.2 Å². The first kappa shape index (κ1) is 27.8. The molecule has 0 fully saturated rings. The molecule has 0 saturated carbocycles. The van der Waals surface area contributed by atoms with Gasteiger partial charge in [-0.1, -0.05) is 50.7 Å². The van der Waals surface area contributed by atoms with Crippen molar-refractivity contribution in [3.05, 3.63) is 59.7 Å². The zero-order valence-corrected chi connectivity index (χ0v) is 18.2. The maximum absolute atomic E-state index is 12.6. The van der Waals surface area contributed by atoms with Gasteiger partial charge in [0.25, 0.3) is 11.8 Å². The molecule has 0 spiro atoms. The molecule has 0 radical (unpaired) electrons. The van der Waals surface area contributed by atoms with E-state index >= 15 is 0 Å². The van der Waals surface area contributed by atoms with Gasteiger partial charge in [-0.25, -0.2) is 5.48 Å². The Hall–Kier alpha value is -3.27. The summed E-state index contributed by atoms with van der Waals surface area (Å²) in [6, 6.07) is 12.0. The average Bonchev–Trinajstić information content (AvgIpc) is 2.79. The van der Waals surface area contributed by atoms with E-state index in [2.05, 4.69) is 17.6 Å². The first-order valence-electron chi connectivity index (χ1n) is 10.3. The van der Waals surface area contributed by atoms with E-state index in [1.807, 2.05) is 24.3 Å². The number of hydrogen-bond donors (Lipinski definition) is 6. The lowest BCUT2D eigenvalue weighted by Crippen LogP contribution is -2.59. The first-order chi connectivity index (χ1) is 15.2. The Balaban J connectivity index is 0.00000544. The van der Waals surface area contributed by atoms with Crippen molar-refractivity contribution in [2.24, 2.45) is 0 Å². The number of benzene rings is 2. The van der Waals surface area contributed by atoms with Gasteiger partial charge < -0.3 is 20.8 Å². The molecule has 9 nitrogen and oxygen atoms in total. The highest BCUT2D eigenvalue weighted by Gasteiger charge is 2.32.